The predicted molar refractivity (Wildman–Crippen MR) is 125 cm³/mol. The van der Waals surface area contributed by atoms with Gasteiger partial charge in [0.2, 0.25) is 17.7 Å². The molecule has 1 saturated carbocycles. The van der Waals surface area contributed by atoms with Gasteiger partial charge < -0.3 is 9.64 Å². The van der Waals surface area contributed by atoms with Crippen LogP contribution in [0.2, 0.25) is 0 Å². The fraction of sp³-hybridized carbons (Fsp3) is 0.407. The Labute approximate surface area is 198 Å². The highest BCUT2D eigenvalue weighted by molar-refractivity contribution is 6.22. The van der Waals surface area contributed by atoms with Gasteiger partial charge in [0.05, 0.1) is 29.5 Å². The number of amides is 3. The summed E-state index contributed by atoms with van der Waals surface area (Å²) in [5, 5.41) is 0. The minimum atomic E-state index is -0.569. The molecule has 7 nitrogen and oxygen atoms in total. The van der Waals surface area contributed by atoms with Crippen molar-refractivity contribution in [3.05, 3.63) is 60.2 Å². The summed E-state index contributed by atoms with van der Waals surface area (Å²) in [6, 6.07) is 16.1. The van der Waals surface area contributed by atoms with Gasteiger partial charge in [-0.15, -0.1) is 0 Å². The number of nitrogens with zero attached hydrogens (tertiary/aromatic N) is 2. The van der Waals surface area contributed by atoms with Crippen LogP contribution >= 0.6 is 0 Å². The molecule has 4 atom stereocenters. The van der Waals surface area contributed by atoms with Crippen molar-refractivity contribution in [3.8, 4) is 5.75 Å². The Morgan fingerprint density at radius 2 is 1.62 bits per heavy atom. The van der Waals surface area contributed by atoms with E-state index in [1.807, 2.05) is 37.3 Å². The average Bonchev–Trinajstić information content (AvgIpc) is 3.37. The van der Waals surface area contributed by atoms with Crippen LogP contribution in [-0.2, 0) is 19.2 Å². The number of hydrogen-bond acceptors (Lipinski definition) is 5. The number of esters is 1. The molecule has 0 aromatic heterocycles. The minimum Gasteiger partial charge on any atom is -0.426 e. The van der Waals surface area contributed by atoms with Gasteiger partial charge in [-0.05, 0) is 37.5 Å². The van der Waals surface area contributed by atoms with Crippen LogP contribution in [0.3, 0.4) is 0 Å². The third kappa shape index (κ3) is 4.00. The van der Waals surface area contributed by atoms with E-state index in [-0.39, 0.29) is 47.8 Å². The number of likely N-dealkylation sites (tertiary alicyclic amines) is 1. The predicted octanol–water partition coefficient (Wildman–Crippen LogP) is 3.88. The summed E-state index contributed by atoms with van der Waals surface area (Å²) in [6.07, 6.45) is 3.52. The third-order valence-corrected chi connectivity index (χ3v) is 7.38. The summed E-state index contributed by atoms with van der Waals surface area (Å²) < 4.78 is 5.60. The molecule has 3 aliphatic rings. The van der Waals surface area contributed by atoms with Crippen molar-refractivity contribution in [1.82, 2.24) is 4.90 Å². The standard InChI is InChI=1S/C27H28N2O5/c1-17(18-8-3-2-4-9-18)28-16-19(14-24(28)30)27(33)34-21-11-7-10-20(15-21)29-25(31)22-12-5-6-13-23(22)26(29)32/h2-4,7-11,15,17,19,22-23H,5-6,12-14,16H2,1H3/t17-,19-,22+,23+/m1/s1. The van der Waals surface area contributed by atoms with Gasteiger partial charge in [-0.2, -0.15) is 0 Å². The fourth-order valence-electron chi connectivity index (χ4n) is 5.48. The van der Waals surface area contributed by atoms with Gasteiger partial charge in [0.25, 0.3) is 0 Å². The van der Waals surface area contributed by atoms with E-state index in [9.17, 15) is 19.2 Å². The van der Waals surface area contributed by atoms with Crippen LogP contribution in [0.1, 0.15) is 50.6 Å². The maximum Gasteiger partial charge on any atom is 0.316 e. The first kappa shape index (κ1) is 22.3. The number of hydrogen-bond donors (Lipinski definition) is 0. The Morgan fingerprint density at radius 1 is 0.941 bits per heavy atom. The van der Waals surface area contributed by atoms with Gasteiger partial charge in [0, 0.05) is 19.0 Å². The van der Waals surface area contributed by atoms with E-state index in [0.717, 1.165) is 31.2 Å². The molecule has 2 saturated heterocycles. The molecule has 0 spiro atoms. The first-order chi connectivity index (χ1) is 16.4. The van der Waals surface area contributed by atoms with Crippen molar-refractivity contribution >= 4 is 29.4 Å². The molecule has 2 aliphatic heterocycles. The van der Waals surface area contributed by atoms with Crippen LogP contribution in [0.25, 0.3) is 0 Å². The monoisotopic (exact) mass is 460 g/mol. The summed E-state index contributed by atoms with van der Waals surface area (Å²) in [4.78, 5) is 54.3. The van der Waals surface area contributed by atoms with E-state index >= 15 is 0 Å². The minimum absolute atomic E-state index is 0.0806. The lowest BCUT2D eigenvalue weighted by Crippen LogP contribution is -2.31. The van der Waals surface area contributed by atoms with Crippen LogP contribution in [0, 0.1) is 17.8 Å². The molecule has 1 aliphatic carbocycles. The highest BCUT2D eigenvalue weighted by atomic mass is 16.5. The summed E-state index contributed by atoms with van der Waals surface area (Å²) in [7, 11) is 0. The quantitative estimate of drug-likeness (QED) is 0.384. The highest BCUT2D eigenvalue weighted by Gasteiger charge is 2.48. The van der Waals surface area contributed by atoms with E-state index in [4.69, 9.17) is 4.74 Å². The number of ether oxygens (including phenoxy) is 1. The number of imide groups is 1. The smallest absolute Gasteiger partial charge is 0.316 e. The first-order valence-corrected chi connectivity index (χ1v) is 12.0. The second kappa shape index (κ2) is 9.05. The van der Waals surface area contributed by atoms with Crippen LogP contribution < -0.4 is 9.64 Å². The molecule has 34 heavy (non-hydrogen) atoms. The highest BCUT2D eigenvalue weighted by Crippen LogP contribution is 2.40. The van der Waals surface area contributed by atoms with Crippen molar-refractivity contribution in [3.63, 3.8) is 0 Å². The maximum absolute atomic E-state index is 12.9. The molecule has 0 unspecified atom stereocenters. The van der Waals surface area contributed by atoms with Gasteiger partial charge in [0.1, 0.15) is 5.75 Å². The Kier molecular flexibility index (Phi) is 5.94. The maximum atomic E-state index is 12.9. The van der Waals surface area contributed by atoms with Crippen molar-refractivity contribution < 1.29 is 23.9 Å². The Hall–Kier alpha value is -3.48. The van der Waals surface area contributed by atoms with Crippen LogP contribution in [0.4, 0.5) is 5.69 Å². The molecule has 7 heteroatoms. The van der Waals surface area contributed by atoms with Crippen molar-refractivity contribution in [2.75, 3.05) is 11.4 Å². The van der Waals surface area contributed by atoms with Gasteiger partial charge in [-0.1, -0.05) is 49.2 Å². The molecule has 3 fully saturated rings. The zero-order valence-electron chi connectivity index (χ0n) is 19.2. The number of anilines is 1. The second-order valence-corrected chi connectivity index (χ2v) is 9.46. The molecule has 0 N–H and O–H groups in total. The molecule has 2 aromatic carbocycles. The lowest BCUT2D eigenvalue weighted by atomic mass is 9.81. The van der Waals surface area contributed by atoms with Crippen molar-refractivity contribution in [2.24, 2.45) is 17.8 Å². The van der Waals surface area contributed by atoms with Gasteiger partial charge in [-0.3, -0.25) is 19.2 Å². The summed E-state index contributed by atoms with van der Waals surface area (Å²) in [5.74, 6) is -1.68. The molecule has 0 radical (unpaired) electrons. The fourth-order valence-corrected chi connectivity index (χ4v) is 5.48. The Balaban J connectivity index is 1.27. The van der Waals surface area contributed by atoms with Crippen molar-refractivity contribution in [2.45, 2.75) is 45.1 Å². The SMILES string of the molecule is C[C@H](c1ccccc1)N1C[C@H](C(=O)Oc2cccc(N3C(=O)[C@H]4CCCC[C@@H]4C3=O)c2)CC1=O. The largest absolute Gasteiger partial charge is 0.426 e. The normalized spacial score (nSPS) is 25.4. The van der Waals surface area contributed by atoms with E-state index in [1.54, 1.807) is 29.2 Å². The second-order valence-electron chi connectivity index (χ2n) is 9.46. The Morgan fingerprint density at radius 3 is 2.29 bits per heavy atom. The van der Waals surface area contributed by atoms with Crippen LogP contribution in [0.15, 0.2) is 54.6 Å². The zero-order valence-corrected chi connectivity index (χ0v) is 19.2. The molecule has 0 bridgehead atoms. The molecular formula is C27H28N2O5. The lowest BCUT2D eigenvalue weighted by molar-refractivity contribution is -0.139. The van der Waals surface area contributed by atoms with Crippen LogP contribution in [-0.4, -0.2) is 35.1 Å². The molecule has 176 valence electrons. The first-order valence-electron chi connectivity index (χ1n) is 12.0. The zero-order chi connectivity index (χ0) is 23.8. The van der Waals surface area contributed by atoms with Crippen molar-refractivity contribution in [1.29, 1.82) is 0 Å². The topological polar surface area (TPSA) is 84.0 Å². The van der Waals surface area contributed by atoms with Gasteiger partial charge in [-0.25, -0.2) is 4.90 Å². The average molecular weight is 461 g/mol. The number of rotatable bonds is 5. The lowest BCUT2D eigenvalue weighted by Gasteiger charge is -2.25. The third-order valence-electron chi connectivity index (χ3n) is 7.38. The number of fused-ring (bicyclic) bond motifs is 1. The molecule has 2 heterocycles. The number of carbonyl (C=O) groups is 4. The van der Waals surface area contributed by atoms with Crippen LogP contribution in [0.5, 0.6) is 5.75 Å². The summed E-state index contributed by atoms with van der Waals surface area (Å²) >= 11 is 0. The molecule has 5 rings (SSSR count). The number of benzene rings is 2. The van der Waals surface area contributed by atoms with E-state index in [0.29, 0.717) is 12.2 Å². The molecule has 2 aromatic rings. The Bertz CT molecular complexity index is 1110. The van der Waals surface area contributed by atoms with Gasteiger partial charge in [0.15, 0.2) is 0 Å². The summed E-state index contributed by atoms with van der Waals surface area (Å²) in [5.41, 5.74) is 1.44. The molecular weight excluding hydrogens is 432 g/mol. The number of carbonyl (C=O) groups excluding carboxylic acids is 4. The van der Waals surface area contributed by atoms with E-state index in [1.165, 1.54) is 4.90 Å². The van der Waals surface area contributed by atoms with E-state index in [2.05, 4.69) is 0 Å². The van der Waals surface area contributed by atoms with Gasteiger partial charge >= 0.3 is 5.97 Å². The van der Waals surface area contributed by atoms with E-state index < -0.39 is 11.9 Å². The summed E-state index contributed by atoms with van der Waals surface area (Å²) in [6.45, 7) is 2.24. The molecule has 3 amide bonds.